The molecule has 2 aromatic rings. The van der Waals surface area contributed by atoms with E-state index in [1.165, 1.54) is 16.7 Å². The Hall–Kier alpha value is -1.51. The lowest BCUT2D eigenvalue weighted by atomic mass is 9.96. The van der Waals surface area contributed by atoms with Gasteiger partial charge in [0.1, 0.15) is 11.9 Å². The normalized spacial score (nSPS) is 18.4. The molecule has 0 spiro atoms. The Balaban J connectivity index is 1.96. The van der Waals surface area contributed by atoms with E-state index in [1.54, 1.807) is 0 Å². The van der Waals surface area contributed by atoms with Gasteiger partial charge in [-0.15, -0.1) is 0 Å². The van der Waals surface area contributed by atoms with Crippen molar-refractivity contribution in [2.75, 3.05) is 7.05 Å². The molecule has 104 valence electrons. The standard InChI is InChI=1S/C17H18ClNO/c1-11-8-14-9-13(6-7-16(14)20-11)17(19-2)12-4-3-5-15(18)10-12/h3-7,9-11,17,19H,8H2,1-2H3. The Labute approximate surface area is 124 Å². The molecule has 1 heterocycles. The summed E-state index contributed by atoms with van der Waals surface area (Å²) >= 11 is 6.10. The highest BCUT2D eigenvalue weighted by molar-refractivity contribution is 6.30. The van der Waals surface area contributed by atoms with Crippen LogP contribution in [0.25, 0.3) is 0 Å². The Morgan fingerprint density at radius 3 is 2.75 bits per heavy atom. The maximum atomic E-state index is 6.10. The van der Waals surface area contributed by atoms with Crippen molar-refractivity contribution in [1.82, 2.24) is 5.32 Å². The second kappa shape index (κ2) is 5.47. The molecule has 1 N–H and O–H groups in total. The quantitative estimate of drug-likeness (QED) is 0.922. The van der Waals surface area contributed by atoms with Crippen LogP contribution in [-0.4, -0.2) is 13.2 Å². The molecule has 1 aliphatic heterocycles. The molecule has 3 rings (SSSR count). The first-order valence-electron chi connectivity index (χ1n) is 6.89. The first kappa shape index (κ1) is 13.5. The van der Waals surface area contributed by atoms with Gasteiger partial charge in [0.25, 0.3) is 0 Å². The summed E-state index contributed by atoms with van der Waals surface area (Å²) in [7, 11) is 1.97. The van der Waals surface area contributed by atoms with E-state index in [-0.39, 0.29) is 12.1 Å². The number of benzene rings is 2. The van der Waals surface area contributed by atoms with E-state index in [1.807, 2.05) is 25.2 Å². The fourth-order valence-corrected chi connectivity index (χ4v) is 3.03. The predicted octanol–water partition coefficient (Wildman–Crippen LogP) is 3.97. The number of ether oxygens (including phenoxy) is 1. The summed E-state index contributed by atoms with van der Waals surface area (Å²) in [4.78, 5) is 0. The van der Waals surface area contributed by atoms with Gasteiger partial charge in [-0.05, 0) is 48.9 Å². The second-order valence-corrected chi connectivity index (χ2v) is 5.71. The third-order valence-corrected chi connectivity index (χ3v) is 3.96. The monoisotopic (exact) mass is 287 g/mol. The molecule has 0 amide bonds. The van der Waals surface area contributed by atoms with E-state index in [0.29, 0.717) is 0 Å². The van der Waals surface area contributed by atoms with E-state index in [4.69, 9.17) is 16.3 Å². The SMILES string of the molecule is CNC(c1cccc(Cl)c1)c1ccc2c(c1)CC(C)O2. The van der Waals surface area contributed by atoms with E-state index in [0.717, 1.165) is 17.2 Å². The van der Waals surface area contributed by atoms with Crippen LogP contribution in [0.5, 0.6) is 5.75 Å². The van der Waals surface area contributed by atoms with Gasteiger partial charge in [-0.25, -0.2) is 0 Å². The molecule has 0 saturated heterocycles. The number of hydrogen-bond acceptors (Lipinski definition) is 2. The van der Waals surface area contributed by atoms with Crippen LogP contribution in [0.2, 0.25) is 5.02 Å². The first-order valence-corrected chi connectivity index (χ1v) is 7.27. The highest BCUT2D eigenvalue weighted by Gasteiger charge is 2.21. The predicted molar refractivity (Wildman–Crippen MR) is 82.6 cm³/mol. The van der Waals surface area contributed by atoms with E-state index in [2.05, 4.69) is 36.5 Å². The van der Waals surface area contributed by atoms with Gasteiger partial charge in [0.05, 0.1) is 6.04 Å². The fourth-order valence-electron chi connectivity index (χ4n) is 2.83. The van der Waals surface area contributed by atoms with Gasteiger partial charge in [-0.1, -0.05) is 35.9 Å². The molecule has 0 bridgehead atoms. The molecule has 2 nitrogen and oxygen atoms in total. The molecular formula is C17H18ClNO. The lowest BCUT2D eigenvalue weighted by Crippen LogP contribution is -2.17. The average Bonchev–Trinajstić information content (AvgIpc) is 2.79. The van der Waals surface area contributed by atoms with Crippen LogP contribution in [0.1, 0.15) is 29.7 Å². The zero-order valence-electron chi connectivity index (χ0n) is 11.7. The topological polar surface area (TPSA) is 21.3 Å². The van der Waals surface area contributed by atoms with Gasteiger partial charge in [-0.2, -0.15) is 0 Å². The maximum absolute atomic E-state index is 6.10. The third-order valence-electron chi connectivity index (χ3n) is 3.72. The highest BCUT2D eigenvalue weighted by Crippen LogP contribution is 2.33. The van der Waals surface area contributed by atoms with E-state index >= 15 is 0 Å². The molecule has 0 aromatic heterocycles. The lowest BCUT2D eigenvalue weighted by Gasteiger charge is -2.18. The molecule has 0 saturated carbocycles. The summed E-state index contributed by atoms with van der Waals surface area (Å²) in [6.45, 7) is 2.10. The number of nitrogens with one attached hydrogen (secondary N) is 1. The van der Waals surface area contributed by atoms with Gasteiger partial charge in [0.2, 0.25) is 0 Å². The largest absolute Gasteiger partial charge is 0.490 e. The van der Waals surface area contributed by atoms with Gasteiger partial charge in [0.15, 0.2) is 0 Å². The Bertz CT molecular complexity index is 626. The van der Waals surface area contributed by atoms with Gasteiger partial charge in [0, 0.05) is 11.4 Å². The lowest BCUT2D eigenvalue weighted by molar-refractivity contribution is 0.254. The second-order valence-electron chi connectivity index (χ2n) is 5.28. The van der Waals surface area contributed by atoms with Crippen LogP contribution >= 0.6 is 11.6 Å². The van der Waals surface area contributed by atoms with Crippen molar-refractivity contribution in [3.05, 3.63) is 64.2 Å². The van der Waals surface area contributed by atoms with Crippen molar-refractivity contribution in [3.63, 3.8) is 0 Å². The molecule has 0 aliphatic carbocycles. The number of halogens is 1. The van der Waals surface area contributed by atoms with Crippen molar-refractivity contribution < 1.29 is 4.74 Å². The van der Waals surface area contributed by atoms with Crippen LogP contribution in [0.3, 0.4) is 0 Å². The third kappa shape index (κ3) is 2.54. The van der Waals surface area contributed by atoms with Crippen molar-refractivity contribution >= 4 is 11.6 Å². The average molecular weight is 288 g/mol. The van der Waals surface area contributed by atoms with Crippen LogP contribution in [0, 0.1) is 0 Å². The summed E-state index contributed by atoms with van der Waals surface area (Å²) in [6, 6.07) is 14.6. The molecular weight excluding hydrogens is 270 g/mol. The first-order chi connectivity index (χ1) is 9.67. The van der Waals surface area contributed by atoms with Crippen molar-refractivity contribution in [3.8, 4) is 5.75 Å². The molecule has 3 heteroatoms. The maximum Gasteiger partial charge on any atom is 0.123 e. The molecule has 20 heavy (non-hydrogen) atoms. The molecule has 0 radical (unpaired) electrons. The Morgan fingerprint density at radius 2 is 2.00 bits per heavy atom. The van der Waals surface area contributed by atoms with E-state index < -0.39 is 0 Å². The van der Waals surface area contributed by atoms with Gasteiger partial charge in [-0.3, -0.25) is 0 Å². The number of fused-ring (bicyclic) bond motifs is 1. The zero-order valence-corrected chi connectivity index (χ0v) is 12.4. The van der Waals surface area contributed by atoms with E-state index in [9.17, 15) is 0 Å². The molecule has 1 aliphatic rings. The smallest absolute Gasteiger partial charge is 0.123 e. The number of hydrogen-bond donors (Lipinski definition) is 1. The Morgan fingerprint density at radius 1 is 1.20 bits per heavy atom. The van der Waals surface area contributed by atoms with Gasteiger partial charge >= 0.3 is 0 Å². The Kier molecular flexibility index (Phi) is 3.68. The van der Waals surface area contributed by atoms with Crippen LogP contribution < -0.4 is 10.1 Å². The summed E-state index contributed by atoms with van der Waals surface area (Å²) in [5.74, 6) is 1.02. The summed E-state index contributed by atoms with van der Waals surface area (Å²) in [5.41, 5.74) is 3.70. The molecule has 2 aromatic carbocycles. The summed E-state index contributed by atoms with van der Waals surface area (Å²) in [5, 5.41) is 4.13. The summed E-state index contributed by atoms with van der Waals surface area (Å²) < 4.78 is 5.76. The number of rotatable bonds is 3. The molecule has 2 unspecified atom stereocenters. The zero-order chi connectivity index (χ0) is 14.1. The van der Waals surface area contributed by atoms with Crippen molar-refractivity contribution in [2.24, 2.45) is 0 Å². The highest BCUT2D eigenvalue weighted by atomic mass is 35.5. The van der Waals surface area contributed by atoms with Crippen LogP contribution in [0.4, 0.5) is 0 Å². The minimum absolute atomic E-state index is 0.148. The summed E-state index contributed by atoms with van der Waals surface area (Å²) in [6.07, 6.45) is 1.26. The molecule has 0 fully saturated rings. The fraction of sp³-hybridized carbons (Fsp3) is 0.294. The van der Waals surface area contributed by atoms with Crippen LogP contribution in [0.15, 0.2) is 42.5 Å². The van der Waals surface area contributed by atoms with Crippen molar-refractivity contribution in [2.45, 2.75) is 25.5 Å². The minimum atomic E-state index is 0.148. The van der Waals surface area contributed by atoms with Gasteiger partial charge < -0.3 is 10.1 Å². The van der Waals surface area contributed by atoms with Crippen molar-refractivity contribution in [1.29, 1.82) is 0 Å². The molecule has 2 atom stereocenters. The minimum Gasteiger partial charge on any atom is -0.490 e. The van der Waals surface area contributed by atoms with Crippen LogP contribution in [-0.2, 0) is 6.42 Å².